The summed E-state index contributed by atoms with van der Waals surface area (Å²) in [6.45, 7) is 7.63. The molecule has 0 aliphatic carbocycles. The molecule has 72 valence electrons. The lowest BCUT2D eigenvalue weighted by atomic mass is 11.9. The Bertz CT molecular complexity index is 110. The lowest BCUT2D eigenvalue weighted by Gasteiger charge is -2.51. The van der Waals surface area contributed by atoms with E-state index in [4.69, 9.17) is 0 Å². The first-order chi connectivity index (χ1) is 5.46. The molecule has 1 aliphatic rings. The maximum absolute atomic E-state index is 2.90. The zero-order valence-electron chi connectivity index (χ0n) is 9.07. The van der Waals surface area contributed by atoms with E-state index in [2.05, 4.69) is 31.3 Å². The van der Waals surface area contributed by atoms with Crippen LogP contribution in [-0.2, 0) is 0 Å². The van der Waals surface area contributed by atoms with Crippen LogP contribution in [0.15, 0.2) is 0 Å². The molecule has 1 heterocycles. The fourth-order valence-corrected chi connectivity index (χ4v) is 31.7. The highest BCUT2D eigenvalue weighted by molar-refractivity contribution is 6.94. The van der Waals surface area contributed by atoms with Gasteiger partial charge in [0.05, 0.1) is 31.2 Å². The van der Waals surface area contributed by atoms with Crippen molar-refractivity contribution >= 4 is 58.6 Å². The van der Waals surface area contributed by atoms with Crippen molar-refractivity contribution in [2.75, 3.05) is 0 Å². The summed E-state index contributed by atoms with van der Waals surface area (Å²) in [7, 11) is 2.35. The van der Waals surface area contributed by atoms with Crippen LogP contribution in [0, 0.1) is 0 Å². The normalized spacial score (nSPS) is 42.8. The third kappa shape index (κ3) is 1.83. The van der Waals surface area contributed by atoms with Gasteiger partial charge in [-0.15, -0.1) is 0 Å². The van der Waals surface area contributed by atoms with Crippen LogP contribution in [0.1, 0.15) is 0 Å². The van der Waals surface area contributed by atoms with E-state index in [1.54, 1.807) is 0 Å². The summed E-state index contributed by atoms with van der Waals surface area (Å²) in [5, 5.41) is 0. The molecule has 0 saturated carbocycles. The second kappa shape index (κ2) is 4.14. The monoisotopic (exact) mass is 267 g/mol. The first-order valence-corrected chi connectivity index (χ1v) is 13.9. The van der Waals surface area contributed by atoms with E-state index in [1.807, 2.05) is 0 Å². The molecule has 0 radical (unpaired) electrons. The fourth-order valence-electron chi connectivity index (χ4n) is 1.80. The number of nitrogens with zero attached hydrogens (tertiary/aromatic N) is 3. The molecule has 0 N–H and O–H groups in total. The van der Waals surface area contributed by atoms with E-state index in [0.717, 1.165) is 0 Å². The zero-order valence-corrected chi connectivity index (χ0v) is 18.5. The van der Waals surface area contributed by atoms with E-state index in [9.17, 15) is 0 Å². The molecule has 12 heavy (non-hydrogen) atoms. The quantitative estimate of drug-likeness (QED) is 0.409. The summed E-state index contributed by atoms with van der Waals surface area (Å²) < 4.78 is 8.69. The smallest absolute Gasteiger partial charge is 0.160 e. The van der Waals surface area contributed by atoms with Gasteiger partial charge in [-0.2, -0.15) is 0 Å². The Morgan fingerprint density at radius 2 is 0.833 bits per heavy atom. The molecular weight excluding hydrogens is 247 g/mol. The van der Waals surface area contributed by atoms with E-state index in [0.29, 0.717) is 0 Å². The van der Waals surface area contributed by atoms with Crippen molar-refractivity contribution in [2.24, 2.45) is 0 Å². The molecule has 0 aromatic heterocycles. The van der Waals surface area contributed by atoms with Crippen LogP contribution in [0.25, 0.3) is 0 Å². The molecular formula is C3H21N3Si6. The van der Waals surface area contributed by atoms with Gasteiger partial charge in [-0.1, -0.05) is 0 Å². The molecule has 9 heteroatoms. The van der Waals surface area contributed by atoms with Crippen LogP contribution in [0.2, 0.25) is 19.6 Å². The van der Waals surface area contributed by atoms with Gasteiger partial charge >= 0.3 is 0 Å². The van der Waals surface area contributed by atoms with Gasteiger partial charge in [-0.25, -0.2) is 0 Å². The predicted molar refractivity (Wildman–Crippen MR) is 74.4 cm³/mol. The van der Waals surface area contributed by atoms with Gasteiger partial charge < -0.3 is 11.7 Å². The Hall–Kier alpha value is 1.18. The number of rotatable bonds is 0. The minimum atomic E-state index is -0.543. The second-order valence-electron chi connectivity index (χ2n) is 3.89. The van der Waals surface area contributed by atoms with Gasteiger partial charge in [0.1, 0.15) is 0 Å². The highest BCUT2D eigenvalue weighted by Gasteiger charge is 2.35. The SMILES string of the molecule is C[SiH]1N([SiH3])[SiH](C)N([SiH3])[SiH](C)N1[SiH3]. The molecule has 0 amide bonds. The standard InChI is InChI=1S/C3H21N3Si6/c1-10-4(7)11(2)6(9)12(3)5(10)8/h10-12H,1-3,7-9H3. The van der Waals surface area contributed by atoms with Crippen molar-refractivity contribution < 1.29 is 0 Å². The Morgan fingerprint density at radius 3 is 1.00 bits per heavy atom. The largest absolute Gasteiger partial charge is 0.358 e. The van der Waals surface area contributed by atoms with Crippen LogP contribution in [0.5, 0.6) is 0 Å². The van der Waals surface area contributed by atoms with Gasteiger partial charge in [0.2, 0.25) is 0 Å². The molecule has 0 unspecified atom stereocenters. The molecule has 0 aromatic rings. The molecule has 1 rings (SSSR count). The average Bonchev–Trinajstić information content (AvgIpc) is 2.08. The summed E-state index contributed by atoms with van der Waals surface area (Å²) in [4.78, 5) is 0. The minimum Gasteiger partial charge on any atom is -0.358 e. The third-order valence-electron chi connectivity index (χ3n) is 3.54. The maximum atomic E-state index is 2.90. The van der Waals surface area contributed by atoms with Crippen molar-refractivity contribution in [2.45, 2.75) is 19.6 Å². The molecule has 0 bridgehead atoms. The van der Waals surface area contributed by atoms with E-state index in [1.165, 1.54) is 31.2 Å². The summed E-state index contributed by atoms with van der Waals surface area (Å²) >= 11 is 0. The molecule has 1 fully saturated rings. The lowest BCUT2D eigenvalue weighted by molar-refractivity contribution is 0.750. The van der Waals surface area contributed by atoms with Crippen LogP contribution >= 0.6 is 0 Å². The number of hydrogen-bond donors (Lipinski definition) is 0. The van der Waals surface area contributed by atoms with Crippen molar-refractivity contribution in [1.29, 1.82) is 0 Å². The first-order valence-electron chi connectivity index (χ1n) is 4.62. The molecule has 1 aliphatic heterocycles. The summed E-state index contributed by atoms with van der Waals surface area (Å²) in [6, 6.07) is 0. The van der Waals surface area contributed by atoms with Crippen molar-refractivity contribution in [1.82, 2.24) is 11.7 Å². The van der Waals surface area contributed by atoms with Gasteiger partial charge in [0, 0.05) is 0 Å². The second-order valence-corrected chi connectivity index (χ2v) is 23.7. The summed E-state index contributed by atoms with van der Waals surface area (Å²) in [5.74, 6) is 0. The van der Waals surface area contributed by atoms with Crippen LogP contribution in [0.4, 0.5) is 0 Å². The van der Waals surface area contributed by atoms with Gasteiger partial charge in [0.15, 0.2) is 27.4 Å². The molecule has 3 nitrogen and oxygen atoms in total. The van der Waals surface area contributed by atoms with Crippen molar-refractivity contribution in [3.05, 3.63) is 0 Å². The van der Waals surface area contributed by atoms with E-state index < -0.39 is 27.4 Å². The maximum Gasteiger partial charge on any atom is 0.160 e. The summed E-state index contributed by atoms with van der Waals surface area (Å²) in [5.41, 5.74) is 0. The number of hydrogen-bond acceptors (Lipinski definition) is 3. The molecule has 0 aromatic carbocycles. The fraction of sp³-hybridized carbons (Fsp3) is 1.00. The zero-order chi connectivity index (χ0) is 9.46. The predicted octanol–water partition coefficient (Wildman–Crippen LogP) is -4.70. The lowest BCUT2D eigenvalue weighted by Crippen LogP contribution is -2.73. The Labute approximate surface area is 89.9 Å². The topological polar surface area (TPSA) is 9.72 Å². The van der Waals surface area contributed by atoms with Crippen LogP contribution < -0.4 is 0 Å². The minimum absolute atomic E-state index is 0.543. The highest BCUT2D eigenvalue weighted by Crippen LogP contribution is 2.12. The highest BCUT2D eigenvalue weighted by atomic mass is 28.5. The van der Waals surface area contributed by atoms with E-state index in [-0.39, 0.29) is 0 Å². The van der Waals surface area contributed by atoms with Crippen molar-refractivity contribution in [3.8, 4) is 0 Å². The summed E-state index contributed by atoms with van der Waals surface area (Å²) in [6.07, 6.45) is 0. The first kappa shape index (κ1) is 11.3. The van der Waals surface area contributed by atoms with Gasteiger partial charge in [-0.3, -0.25) is 0 Å². The van der Waals surface area contributed by atoms with Gasteiger partial charge in [0.25, 0.3) is 0 Å². The molecule has 1 saturated heterocycles. The van der Waals surface area contributed by atoms with Gasteiger partial charge in [-0.05, 0) is 19.6 Å². The average molecular weight is 268 g/mol. The Kier molecular flexibility index (Phi) is 3.88. The van der Waals surface area contributed by atoms with Crippen LogP contribution in [0.3, 0.4) is 0 Å². The van der Waals surface area contributed by atoms with Crippen molar-refractivity contribution in [3.63, 3.8) is 0 Å². The Balaban J connectivity index is 2.76. The van der Waals surface area contributed by atoms with E-state index >= 15 is 0 Å². The molecule has 0 atom stereocenters. The van der Waals surface area contributed by atoms with Crippen LogP contribution in [-0.4, -0.2) is 70.3 Å². The Morgan fingerprint density at radius 1 is 0.667 bits per heavy atom. The third-order valence-corrected chi connectivity index (χ3v) is 31.8. The molecule has 0 spiro atoms.